The lowest BCUT2D eigenvalue weighted by Gasteiger charge is -2.21. The van der Waals surface area contributed by atoms with Gasteiger partial charge in [0.05, 0.1) is 5.60 Å². The highest BCUT2D eigenvalue weighted by molar-refractivity contribution is 9.10. The fourth-order valence-corrected chi connectivity index (χ4v) is 1.52. The lowest BCUT2D eigenvalue weighted by molar-refractivity contribution is 0.0629. The summed E-state index contributed by atoms with van der Waals surface area (Å²) < 4.78 is 0.947. The predicted octanol–water partition coefficient (Wildman–Crippen LogP) is 2.68. The Balaban J connectivity index is 3.01. The maximum absolute atomic E-state index is 9.95. The quantitative estimate of drug-likeness (QED) is 0.786. The second-order valence-corrected chi connectivity index (χ2v) is 4.08. The van der Waals surface area contributed by atoms with Crippen LogP contribution in [0.2, 0.25) is 0 Å². The summed E-state index contributed by atoms with van der Waals surface area (Å²) in [6.07, 6.45) is 5.49. The first-order valence-electron chi connectivity index (χ1n) is 3.98. The van der Waals surface area contributed by atoms with Crippen LogP contribution in [0, 0.1) is 12.3 Å². The van der Waals surface area contributed by atoms with E-state index in [4.69, 9.17) is 6.42 Å². The number of halogens is 1. The van der Waals surface area contributed by atoms with Crippen molar-refractivity contribution in [1.82, 2.24) is 0 Å². The van der Waals surface area contributed by atoms with Crippen LogP contribution in [-0.2, 0) is 5.60 Å². The topological polar surface area (TPSA) is 20.2 Å². The van der Waals surface area contributed by atoms with Crippen molar-refractivity contribution in [1.29, 1.82) is 0 Å². The Morgan fingerprint density at radius 3 is 2.85 bits per heavy atom. The third-order valence-corrected chi connectivity index (χ3v) is 2.39. The van der Waals surface area contributed by atoms with Crippen molar-refractivity contribution < 1.29 is 5.11 Å². The van der Waals surface area contributed by atoms with Gasteiger partial charge in [0.2, 0.25) is 0 Å². The first-order valence-corrected chi connectivity index (χ1v) is 4.77. The average Bonchev–Trinajstić information content (AvgIpc) is 2.04. The number of rotatable bonds is 2. The van der Waals surface area contributed by atoms with Crippen LogP contribution in [0.5, 0.6) is 0 Å². The van der Waals surface area contributed by atoms with Crippen molar-refractivity contribution in [2.75, 3.05) is 0 Å². The van der Waals surface area contributed by atoms with E-state index in [1.54, 1.807) is 6.92 Å². The van der Waals surface area contributed by atoms with Crippen LogP contribution >= 0.6 is 15.9 Å². The monoisotopic (exact) mass is 238 g/mol. The first-order chi connectivity index (χ1) is 6.06. The molecule has 0 aliphatic rings. The molecule has 1 atom stereocenters. The standard InChI is InChI=1S/C11H11BrO/c1-3-7-11(2,13)9-5-4-6-10(12)8-9/h1,4-6,8,13H,7H2,2H3/t11-/m1/s1. The van der Waals surface area contributed by atoms with Gasteiger partial charge in [0.25, 0.3) is 0 Å². The van der Waals surface area contributed by atoms with Gasteiger partial charge in [-0.1, -0.05) is 28.1 Å². The van der Waals surface area contributed by atoms with E-state index in [0.717, 1.165) is 10.0 Å². The fraction of sp³-hybridized carbons (Fsp3) is 0.273. The number of terminal acetylenes is 1. The minimum absolute atomic E-state index is 0.323. The van der Waals surface area contributed by atoms with Crippen LogP contribution in [-0.4, -0.2) is 5.11 Å². The highest BCUT2D eigenvalue weighted by Crippen LogP contribution is 2.25. The van der Waals surface area contributed by atoms with Gasteiger partial charge in [-0.05, 0) is 24.6 Å². The molecule has 68 valence electrons. The van der Waals surface area contributed by atoms with Gasteiger partial charge < -0.3 is 5.11 Å². The van der Waals surface area contributed by atoms with E-state index in [-0.39, 0.29) is 0 Å². The van der Waals surface area contributed by atoms with Gasteiger partial charge in [-0.15, -0.1) is 12.3 Å². The maximum Gasteiger partial charge on any atom is 0.0977 e. The molecule has 0 bridgehead atoms. The van der Waals surface area contributed by atoms with E-state index in [0.29, 0.717) is 6.42 Å². The summed E-state index contributed by atoms with van der Waals surface area (Å²) in [6.45, 7) is 1.72. The SMILES string of the molecule is C#CC[C@@](C)(O)c1cccc(Br)c1. The molecule has 0 saturated carbocycles. The van der Waals surface area contributed by atoms with E-state index in [9.17, 15) is 5.11 Å². The van der Waals surface area contributed by atoms with Crippen molar-refractivity contribution in [2.24, 2.45) is 0 Å². The Labute approximate surface area is 86.9 Å². The molecule has 0 unspecified atom stereocenters. The zero-order valence-corrected chi connectivity index (χ0v) is 9.01. The van der Waals surface area contributed by atoms with Crippen molar-refractivity contribution in [2.45, 2.75) is 18.9 Å². The van der Waals surface area contributed by atoms with Gasteiger partial charge in [-0.3, -0.25) is 0 Å². The number of hydrogen-bond donors (Lipinski definition) is 1. The molecule has 2 heteroatoms. The summed E-state index contributed by atoms with van der Waals surface area (Å²) in [5, 5.41) is 9.95. The largest absolute Gasteiger partial charge is 0.384 e. The minimum Gasteiger partial charge on any atom is -0.384 e. The molecule has 1 N–H and O–H groups in total. The van der Waals surface area contributed by atoms with E-state index >= 15 is 0 Å². The van der Waals surface area contributed by atoms with Crippen LogP contribution in [0.1, 0.15) is 18.9 Å². The van der Waals surface area contributed by atoms with Crippen LogP contribution in [0.25, 0.3) is 0 Å². The summed E-state index contributed by atoms with van der Waals surface area (Å²) >= 11 is 3.34. The van der Waals surface area contributed by atoms with Crippen molar-refractivity contribution in [3.63, 3.8) is 0 Å². The fourth-order valence-electron chi connectivity index (χ4n) is 1.12. The molecule has 0 radical (unpaired) electrons. The molecule has 0 saturated heterocycles. The Morgan fingerprint density at radius 1 is 1.62 bits per heavy atom. The summed E-state index contributed by atoms with van der Waals surface area (Å²) in [5.41, 5.74) is -0.0988. The smallest absolute Gasteiger partial charge is 0.0977 e. The van der Waals surface area contributed by atoms with Crippen molar-refractivity contribution in [3.05, 3.63) is 34.3 Å². The van der Waals surface area contributed by atoms with Crippen LogP contribution < -0.4 is 0 Å². The molecule has 0 aromatic heterocycles. The minimum atomic E-state index is -0.932. The second kappa shape index (κ2) is 3.95. The molecule has 0 aliphatic heterocycles. The van der Waals surface area contributed by atoms with Crippen LogP contribution in [0.4, 0.5) is 0 Å². The Kier molecular flexibility index (Phi) is 3.13. The highest BCUT2D eigenvalue weighted by atomic mass is 79.9. The Morgan fingerprint density at radius 2 is 2.31 bits per heavy atom. The van der Waals surface area contributed by atoms with Gasteiger partial charge in [-0.25, -0.2) is 0 Å². The molecule has 0 spiro atoms. The maximum atomic E-state index is 9.95. The van der Waals surface area contributed by atoms with Crippen LogP contribution in [0.3, 0.4) is 0 Å². The summed E-state index contributed by atoms with van der Waals surface area (Å²) in [4.78, 5) is 0. The normalized spacial score (nSPS) is 14.6. The van der Waals surface area contributed by atoms with E-state index in [2.05, 4.69) is 21.9 Å². The molecule has 0 fully saturated rings. The molecular formula is C11H11BrO. The molecule has 0 aliphatic carbocycles. The van der Waals surface area contributed by atoms with Gasteiger partial charge in [0.15, 0.2) is 0 Å². The molecule has 1 rings (SSSR count). The van der Waals surface area contributed by atoms with Crippen molar-refractivity contribution in [3.8, 4) is 12.3 Å². The molecule has 1 aromatic carbocycles. The van der Waals surface area contributed by atoms with E-state index < -0.39 is 5.60 Å². The van der Waals surface area contributed by atoms with Crippen LogP contribution in [0.15, 0.2) is 28.7 Å². The number of hydrogen-bond acceptors (Lipinski definition) is 1. The van der Waals surface area contributed by atoms with Gasteiger partial charge in [0, 0.05) is 10.9 Å². The average molecular weight is 239 g/mol. The number of benzene rings is 1. The predicted molar refractivity (Wildman–Crippen MR) is 57.2 cm³/mol. The Hall–Kier alpha value is -0.780. The third-order valence-electron chi connectivity index (χ3n) is 1.89. The lowest BCUT2D eigenvalue weighted by atomic mass is 9.93. The summed E-state index contributed by atoms with van der Waals surface area (Å²) in [7, 11) is 0. The van der Waals surface area contributed by atoms with Gasteiger partial charge in [-0.2, -0.15) is 0 Å². The molecule has 13 heavy (non-hydrogen) atoms. The zero-order valence-electron chi connectivity index (χ0n) is 7.42. The lowest BCUT2D eigenvalue weighted by Crippen LogP contribution is -2.19. The molecule has 1 nitrogen and oxygen atoms in total. The third kappa shape index (κ3) is 2.58. The zero-order chi connectivity index (χ0) is 9.90. The molecular weight excluding hydrogens is 228 g/mol. The Bertz CT molecular complexity index is 336. The second-order valence-electron chi connectivity index (χ2n) is 3.17. The van der Waals surface area contributed by atoms with Gasteiger partial charge in [0.1, 0.15) is 0 Å². The first kappa shape index (κ1) is 10.3. The highest BCUT2D eigenvalue weighted by Gasteiger charge is 2.21. The van der Waals surface area contributed by atoms with E-state index in [1.165, 1.54) is 0 Å². The summed E-state index contributed by atoms with van der Waals surface area (Å²) in [6, 6.07) is 7.53. The molecule has 0 amide bonds. The van der Waals surface area contributed by atoms with Crippen molar-refractivity contribution >= 4 is 15.9 Å². The molecule has 1 aromatic rings. The summed E-state index contributed by atoms with van der Waals surface area (Å²) in [5.74, 6) is 2.46. The van der Waals surface area contributed by atoms with Gasteiger partial charge >= 0.3 is 0 Å². The van der Waals surface area contributed by atoms with E-state index in [1.807, 2.05) is 24.3 Å². The molecule has 0 heterocycles. The number of aliphatic hydroxyl groups is 1.